The molecule has 0 aromatic heterocycles. The number of ether oxygens (including phenoxy) is 1. The molecule has 0 unspecified atom stereocenters. The van der Waals surface area contributed by atoms with Gasteiger partial charge >= 0.3 is 0 Å². The lowest BCUT2D eigenvalue weighted by Crippen LogP contribution is -2.41. The molecule has 2 amide bonds. The first-order chi connectivity index (χ1) is 15.4. The Labute approximate surface area is 188 Å². The van der Waals surface area contributed by atoms with Crippen molar-refractivity contribution in [3.05, 3.63) is 104 Å². The van der Waals surface area contributed by atoms with Gasteiger partial charge in [0.1, 0.15) is 10.8 Å². The fraction of sp³-hybridized carbons (Fsp3) is 0.0833. The highest BCUT2D eigenvalue weighted by Gasteiger charge is 2.34. The van der Waals surface area contributed by atoms with Gasteiger partial charge in [0.05, 0.1) is 18.6 Å². The van der Waals surface area contributed by atoms with Crippen LogP contribution in [-0.4, -0.2) is 28.7 Å². The molecular formula is C24H17ClN2O5. The minimum Gasteiger partial charge on any atom is -0.497 e. The number of fused-ring (bicyclic) bond motifs is 1. The maximum absolute atomic E-state index is 13.4. The maximum Gasteiger partial charge on any atom is 0.288 e. The standard InChI is InChI=1S/C24H17ClN2O5/c1-32-17-9-6-15(7-10-17)14-26-23(28)19-5-3-2-4-18(19)20(24(26)29)12-16-8-11-21(25)22(13-16)27(30)31/h2-13H,14H2,1H3/b20-12-. The fourth-order valence-corrected chi connectivity index (χ4v) is 3.71. The van der Waals surface area contributed by atoms with Crippen LogP contribution in [0.5, 0.6) is 5.75 Å². The molecule has 4 rings (SSSR count). The molecule has 0 aliphatic carbocycles. The Balaban J connectivity index is 1.78. The van der Waals surface area contributed by atoms with Gasteiger partial charge in [-0.2, -0.15) is 0 Å². The lowest BCUT2D eigenvalue weighted by atomic mass is 9.91. The summed E-state index contributed by atoms with van der Waals surface area (Å²) in [7, 11) is 1.56. The van der Waals surface area contributed by atoms with Gasteiger partial charge < -0.3 is 4.74 Å². The predicted octanol–water partition coefficient (Wildman–Crippen LogP) is 4.98. The zero-order valence-electron chi connectivity index (χ0n) is 16.9. The number of nitrogens with zero attached hydrogens (tertiary/aromatic N) is 2. The molecule has 0 saturated heterocycles. The number of halogens is 1. The number of hydrogen-bond acceptors (Lipinski definition) is 5. The van der Waals surface area contributed by atoms with Crippen molar-refractivity contribution >= 4 is 40.8 Å². The van der Waals surface area contributed by atoms with Gasteiger partial charge in [-0.1, -0.05) is 48.0 Å². The van der Waals surface area contributed by atoms with Crippen molar-refractivity contribution < 1.29 is 19.2 Å². The molecule has 7 nitrogen and oxygen atoms in total. The molecule has 1 aliphatic rings. The lowest BCUT2D eigenvalue weighted by Gasteiger charge is -2.28. The van der Waals surface area contributed by atoms with E-state index in [1.54, 1.807) is 61.7 Å². The first kappa shape index (κ1) is 21.3. The van der Waals surface area contributed by atoms with E-state index in [0.717, 1.165) is 5.56 Å². The van der Waals surface area contributed by atoms with Gasteiger partial charge in [-0.25, -0.2) is 0 Å². The molecule has 1 heterocycles. The van der Waals surface area contributed by atoms with E-state index in [0.29, 0.717) is 22.4 Å². The molecule has 0 fully saturated rings. The van der Waals surface area contributed by atoms with E-state index < -0.39 is 16.7 Å². The van der Waals surface area contributed by atoms with Crippen molar-refractivity contribution in [2.75, 3.05) is 7.11 Å². The normalized spacial score (nSPS) is 14.4. The molecule has 0 spiro atoms. The molecule has 0 bridgehead atoms. The fourth-order valence-electron chi connectivity index (χ4n) is 3.53. The Morgan fingerprint density at radius 1 is 1.00 bits per heavy atom. The molecule has 0 N–H and O–H groups in total. The Hall–Kier alpha value is -3.97. The molecule has 0 atom stereocenters. The molecular weight excluding hydrogens is 432 g/mol. The molecule has 1 aliphatic heterocycles. The molecule has 0 radical (unpaired) electrons. The minimum absolute atomic E-state index is 0.00355. The number of benzene rings is 3. The second-order valence-electron chi connectivity index (χ2n) is 7.12. The van der Waals surface area contributed by atoms with Crippen molar-refractivity contribution in [3.8, 4) is 5.75 Å². The number of nitro benzene ring substituents is 1. The average Bonchev–Trinajstić information content (AvgIpc) is 2.80. The Kier molecular flexibility index (Phi) is 5.75. The van der Waals surface area contributed by atoms with Gasteiger partial charge in [-0.3, -0.25) is 24.6 Å². The molecule has 32 heavy (non-hydrogen) atoms. The van der Waals surface area contributed by atoms with Crippen LogP contribution < -0.4 is 4.74 Å². The van der Waals surface area contributed by atoms with E-state index in [4.69, 9.17) is 16.3 Å². The zero-order chi connectivity index (χ0) is 22.8. The monoisotopic (exact) mass is 448 g/mol. The van der Waals surface area contributed by atoms with E-state index >= 15 is 0 Å². The number of imide groups is 1. The number of nitro groups is 1. The zero-order valence-corrected chi connectivity index (χ0v) is 17.7. The molecule has 160 valence electrons. The van der Waals surface area contributed by atoms with Crippen LogP contribution in [0.2, 0.25) is 5.02 Å². The van der Waals surface area contributed by atoms with Crippen LogP contribution in [-0.2, 0) is 11.3 Å². The smallest absolute Gasteiger partial charge is 0.288 e. The van der Waals surface area contributed by atoms with E-state index in [2.05, 4.69) is 0 Å². The topological polar surface area (TPSA) is 89.8 Å². The van der Waals surface area contributed by atoms with Crippen molar-refractivity contribution in [1.29, 1.82) is 0 Å². The number of carbonyl (C=O) groups excluding carboxylic acids is 2. The third kappa shape index (κ3) is 3.98. The van der Waals surface area contributed by atoms with Gasteiger partial charge in [-0.05, 0) is 47.0 Å². The van der Waals surface area contributed by atoms with Crippen molar-refractivity contribution in [2.24, 2.45) is 0 Å². The second kappa shape index (κ2) is 8.64. The Bertz CT molecular complexity index is 1270. The number of hydrogen-bond donors (Lipinski definition) is 0. The molecule has 3 aromatic carbocycles. The summed E-state index contributed by atoms with van der Waals surface area (Å²) >= 11 is 5.91. The lowest BCUT2D eigenvalue weighted by molar-refractivity contribution is -0.384. The van der Waals surface area contributed by atoms with Gasteiger partial charge in [0.2, 0.25) is 0 Å². The summed E-state index contributed by atoms with van der Waals surface area (Å²) in [6.45, 7) is 0.0775. The van der Waals surface area contributed by atoms with Crippen molar-refractivity contribution in [1.82, 2.24) is 4.90 Å². The predicted molar refractivity (Wildman–Crippen MR) is 120 cm³/mol. The van der Waals surface area contributed by atoms with E-state index in [1.165, 1.54) is 23.1 Å². The highest BCUT2D eigenvalue weighted by atomic mass is 35.5. The number of carbonyl (C=O) groups is 2. The van der Waals surface area contributed by atoms with Crippen LogP contribution in [0.15, 0.2) is 66.7 Å². The van der Waals surface area contributed by atoms with E-state index in [1.807, 2.05) is 0 Å². The van der Waals surface area contributed by atoms with Crippen LogP contribution in [0.3, 0.4) is 0 Å². The maximum atomic E-state index is 13.4. The Morgan fingerprint density at radius 2 is 1.69 bits per heavy atom. The summed E-state index contributed by atoms with van der Waals surface area (Å²) in [6.07, 6.45) is 1.54. The van der Waals surface area contributed by atoms with Gasteiger partial charge in [-0.15, -0.1) is 0 Å². The SMILES string of the molecule is COc1ccc(CN2C(=O)/C(=C\c3ccc(Cl)c([N+](=O)[O-])c3)c3ccccc3C2=O)cc1. The minimum atomic E-state index is -0.583. The number of amides is 2. The quantitative estimate of drug-likeness (QED) is 0.237. The van der Waals surface area contributed by atoms with Crippen LogP contribution in [0, 0.1) is 10.1 Å². The van der Waals surface area contributed by atoms with Crippen LogP contribution >= 0.6 is 11.6 Å². The highest BCUT2D eigenvalue weighted by molar-refractivity contribution is 6.34. The summed E-state index contributed by atoms with van der Waals surface area (Å²) in [6, 6.07) is 18.2. The third-order valence-corrected chi connectivity index (χ3v) is 5.47. The van der Waals surface area contributed by atoms with Gasteiger partial charge in [0.25, 0.3) is 17.5 Å². The van der Waals surface area contributed by atoms with Crippen molar-refractivity contribution in [3.63, 3.8) is 0 Å². The average molecular weight is 449 g/mol. The van der Waals surface area contributed by atoms with Crippen LogP contribution in [0.1, 0.15) is 27.0 Å². The van der Waals surface area contributed by atoms with Crippen LogP contribution in [0.25, 0.3) is 11.6 Å². The van der Waals surface area contributed by atoms with Gasteiger partial charge in [0.15, 0.2) is 0 Å². The summed E-state index contributed by atoms with van der Waals surface area (Å²) in [5, 5.41) is 11.2. The largest absolute Gasteiger partial charge is 0.497 e. The summed E-state index contributed by atoms with van der Waals surface area (Å²) in [5.74, 6) is -0.219. The van der Waals surface area contributed by atoms with Crippen LogP contribution in [0.4, 0.5) is 5.69 Å². The summed E-state index contributed by atoms with van der Waals surface area (Å²) in [4.78, 5) is 38.3. The molecule has 8 heteroatoms. The van der Waals surface area contributed by atoms with Crippen molar-refractivity contribution in [2.45, 2.75) is 6.54 Å². The highest BCUT2D eigenvalue weighted by Crippen LogP contribution is 2.33. The first-order valence-electron chi connectivity index (χ1n) is 9.63. The molecule has 3 aromatic rings. The first-order valence-corrected chi connectivity index (χ1v) is 10.0. The summed E-state index contributed by atoms with van der Waals surface area (Å²) < 4.78 is 5.15. The Morgan fingerprint density at radius 3 is 2.34 bits per heavy atom. The third-order valence-electron chi connectivity index (χ3n) is 5.15. The number of methoxy groups -OCH3 is 1. The molecule has 0 saturated carbocycles. The van der Waals surface area contributed by atoms with Gasteiger partial charge in [0, 0.05) is 17.2 Å². The summed E-state index contributed by atoms with van der Waals surface area (Å²) in [5.41, 5.74) is 2.06. The number of rotatable bonds is 5. The van der Waals surface area contributed by atoms with E-state index in [-0.39, 0.29) is 22.8 Å². The second-order valence-corrected chi connectivity index (χ2v) is 7.52. The van der Waals surface area contributed by atoms with E-state index in [9.17, 15) is 19.7 Å².